The topological polar surface area (TPSA) is 86.8 Å². The number of hydrogen-bond acceptors (Lipinski definition) is 6. The minimum Gasteiger partial charge on any atom is -0.494 e. The van der Waals surface area contributed by atoms with Crippen molar-refractivity contribution >= 4 is 28.5 Å². The number of aromatic nitrogens is 1. The summed E-state index contributed by atoms with van der Waals surface area (Å²) in [5.74, 6) is 0.410. The van der Waals surface area contributed by atoms with Gasteiger partial charge in [0, 0.05) is 16.6 Å². The van der Waals surface area contributed by atoms with Crippen molar-refractivity contribution in [2.45, 2.75) is 20.5 Å². The van der Waals surface area contributed by atoms with Gasteiger partial charge >= 0.3 is 5.97 Å². The third-order valence-electron chi connectivity index (χ3n) is 6.50. The summed E-state index contributed by atoms with van der Waals surface area (Å²) in [5.41, 5.74) is 4.86. The van der Waals surface area contributed by atoms with Crippen LogP contribution in [-0.4, -0.2) is 30.1 Å². The maximum Gasteiger partial charge on any atom is 0.339 e. The monoisotopic (exact) mass is 546 g/mol. The molecule has 0 atom stereocenters. The molecule has 0 spiro atoms. The van der Waals surface area contributed by atoms with Crippen LogP contribution in [0.25, 0.3) is 22.2 Å². The molecule has 0 aliphatic heterocycles. The molecule has 5 rings (SSSR count). The van der Waals surface area contributed by atoms with Crippen molar-refractivity contribution < 1.29 is 23.8 Å². The highest BCUT2D eigenvalue weighted by atomic mass is 16.5. The molecule has 5 aromatic rings. The molecule has 0 saturated carbocycles. The lowest BCUT2D eigenvalue weighted by Gasteiger charge is -2.15. The van der Waals surface area contributed by atoms with E-state index < -0.39 is 18.5 Å². The van der Waals surface area contributed by atoms with Crippen LogP contribution in [0.15, 0.2) is 103 Å². The number of ether oxygens (including phenoxy) is 3. The quantitative estimate of drug-likeness (QED) is 0.190. The molecular formula is C34H30N2O5. The molecule has 7 heteroatoms. The number of anilines is 1. The molecular weight excluding hydrogens is 516 g/mol. The summed E-state index contributed by atoms with van der Waals surface area (Å²) in [6.07, 6.45) is 0. The Labute approximate surface area is 238 Å². The predicted molar refractivity (Wildman–Crippen MR) is 159 cm³/mol. The fourth-order valence-corrected chi connectivity index (χ4v) is 4.50. The molecule has 7 nitrogen and oxygen atoms in total. The van der Waals surface area contributed by atoms with Crippen LogP contribution < -0.4 is 14.8 Å². The second kappa shape index (κ2) is 12.8. The SMILES string of the molecule is CCOc1ccc(NC(=O)COC(=O)c2c(C)c(-c3ccc(OCc4ccccc4)cc3)nc3ccccc23)cc1. The zero-order chi connectivity index (χ0) is 28.6. The number of esters is 1. The van der Waals surface area contributed by atoms with Crippen LogP contribution in [0.4, 0.5) is 5.69 Å². The summed E-state index contributed by atoms with van der Waals surface area (Å²) in [6, 6.07) is 32.0. The standard InChI is InChI=1S/C34H30N2O5/c1-3-39-27-19-15-26(16-20-27)35-31(37)22-41-34(38)32-23(2)33(36-30-12-8-7-11-29(30)32)25-13-17-28(18-14-25)40-21-24-9-5-4-6-10-24/h4-20H,3,21-22H2,1-2H3,(H,35,37). The largest absolute Gasteiger partial charge is 0.494 e. The van der Waals surface area contributed by atoms with Gasteiger partial charge in [0.1, 0.15) is 18.1 Å². The molecule has 1 N–H and O–H groups in total. The highest BCUT2D eigenvalue weighted by Crippen LogP contribution is 2.31. The molecule has 0 saturated heterocycles. The summed E-state index contributed by atoms with van der Waals surface area (Å²) >= 11 is 0. The van der Waals surface area contributed by atoms with Crippen LogP contribution in [0.5, 0.6) is 11.5 Å². The number of carbonyl (C=O) groups is 2. The fourth-order valence-electron chi connectivity index (χ4n) is 4.50. The van der Waals surface area contributed by atoms with Gasteiger partial charge < -0.3 is 19.5 Å². The summed E-state index contributed by atoms with van der Waals surface area (Å²) in [4.78, 5) is 30.7. The number of pyridine rings is 1. The number of para-hydroxylation sites is 1. The molecule has 0 fully saturated rings. The van der Waals surface area contributed by atoms with Crippen LogP contribution in [-0.2, 0) is 16.1 Å². The molecule has 0 unspecified atom stereocenters. The molecule has 0 aliphatic carbocycles. The lowest BCUT2D eigenvalue weighted by molar-refractivity contribution is -0.119. The van der Waals surface area contributed by atoms with Gasteiger partial charge in [-0.15, -0.1) is 0 Å². The molecule has 1 aromatic heterocycles. The number of carbonyl (C=O) groups excluding carboxylic acids is 2. The summed E-state index contributed by atoms with van der Waals surface area (Å²) in [6.45, 7) is 4.34. The molecule has 4 aromatic carbocycles. The minimum absolute atomic E-state index is 0.379. The highest BCUT2D eigenvalue weighted by molar-refractivity contribution is 6.07. The molecule has 41 heavy (non-hydrogen) atoms. The van der Waals surface area contributed by atoms with E-state index >= 15 is 0 Å². The molecule has 206 valence electrons. The Morgan fingerprint density at radius 1 is 0.780 bits per heavy atom. The summed E-state index contributed by atoms with van der Waals surface area (Å²) in [7, 11) is 0. The van der Waals surface area contributed by atoms with E-state index in [0.29, 0.717) is 52.4 Å². The lowest BCUT2D eigenvalue weighted by atomic mass is 9.97. The first-order valence-electron chi connectivity index (χ1n) is 13.4. The first-order valence-corrected chi connectivity index (χ1v) is 13.4. The average Bonchev–Trinajstić information content (AvgIpc) is 3.00. The number of benzene rings is 4. The average molecular weight is 547 g/mol. The molecule has 0 aliphatic rings. The Morgan fingerprint density at radius 2 is 1.44 bits per heavy atom. The molecule has 0 radical (unpaired) electrons. The summed E-state index contributed by atoms with van der Waals surface area (Å²) in [5, 5.41) is 3.40. The van der Waals surface area contributed by atoms with E-state index in [4.69, 9.17) is 19.2 Å². The van der Waals surface area contributed by atoms with Crippen LogP contribution in [0.1, 0.15) is 28.4 Å². The van der Waals surface area contributed by atoms with Crippen LogP contribution in [0.3, 0.4) is 0 Å². The Morgan fingerprint density at radius 3 is 2.17 bits per heavy atom. The maximum absolute atomic E-state index is 13.3. The number of amides is 1. The molecule has 1 amide bonds. The van der Waals surface area contributed by atoms with Gasteiger partial charge in [0.15, 0.2) is 6.61 Å². The van der Waals surface area contributed by atoms with Crippen molar-refractivity contribution in [2.75, 3.05) is 18.5 Å². The van der Waals surface area contributed by atoms with E-state index in [1.165, 1.54) is 0 Å². The Balaban J connectivity index is 1.32. The van der Waals surface area contributed by atoms with E-state index in [1.807, 2.05) is 92.7 Å². The smallest absolute Gasteiger partial charge is 0.339 e. The third-order valence-corrected chi connectivity index (χ3v) is 6.50. The van der Waals surface area contributed by atoms with E-state index in [1.54, 1.807) is 24.3 Å². The zero-order valence-corrected chi connectivity index (χ0v) is 22.9. The van der Waals surface area contributed by atoms with Gasteiger partial charge in [-0.05, 0) is 79.6 Å². The maximum atomic E-state index is 13.3. The molecule has 1 heterocycles. The number of fused-ring (bicyclic) bond motifs is 1. The first-order chi connectivity index (χ1) is 20.0. The number of nitrogens with one attached hydrogen (secondary N) is 1. The van der Waals surface area contributed by atoms with E-state index in [0.717, 1.165) is 16.9 Å². The van der Waals surface area contributed by atoms with Gasteiger partial charge in [-0.1, -0.05) is 48.5 Å². The second-order valence-electron chi connectivity index (χ2n) is 9.36. The van der Waals surface area contributed by atoms with Crippen molar-refractivity contribution in [3.63, 3.8) is 0 Å². The fraction of sp³-hybridized carbons (Fsp3) is 0.147. The van der Waals surface area contributed by atoms with Gasteiger partial charge in [-0.25, -0.2) is 9.78 Å². The number of nitrogens with zero attached hydrogens (tertiary/aromatic N) is 1. The van der Waals surface area contributed by atoms with Gasteiger partial charge in [0.05, 0.1) is 23.4 Å². The van der Waals surface area contributed by atoms with E-state index in [-0.39, 0.29) is 0 Å². The zero-order valence-electron chi connectivity index (χ0n) is 22.9. The lowest BCUT2D eigenvalue weighted by Crippen LogP contribution is -2.21. The van der Waals surface area contributed by atoms with Crippen LogP contribution >= 0.6 is 0 Å². The van der Waals surface area contributed by atoms with Crippen LogP contribution in [0.2, 0.25) is 0 Å². The van der Waals surface area contributed by atoms with Gasteiger partial charge in [0.25, 0.3) is 5.91 Å². The van der Waals surface area contributed by atoms with Crippen molar-refractivity contribution in [3.8, 4) is 22.8 Å². The molecule has 0 bridgehead atoms. The Kier molecular flexibility index (Phi) is 8.55. The van der Waals surface area contributed by atoms with Crippen molar-refractivity contribution in [2.24, 2.45) is 0 Å². The van der Waals surface area contributed by atoms with Gasteiger partial charge in [-0.2, -0.15) is 0 Å². The van der Waals surface area contributed by atoms with E-state index in [2.05, 4.69) is 5.32 Å². The number of hydrogen-bond donors (Lipinski definition) is 1. The highest BCUT2D eigenvalue weighted by Gasteiger charge is 2.21. The summed E-state index contributed by atoms with van der Waals surface area (Å²) < 4.78 is 16.8. The predicted octanol–water partition coefficient (Wildman–Crippen LogP) is 6.98. The normalized spacial score (nSPS) is 10.7. The Bertz CT molecular complexity index is 1650. The van der Waals surface area contributed by atoms with Gasteiger partial charge in [0.2, 0.25) is 0 Å². The van der Waals surface area contributed by atoms with Crippen molar-refractivity contribution in [3.05, 3.63) is 120 Å². The second-order valence-corrected chi connectivity index (χ2v) is 9.36. The first kappa shape index (κ1) is 27.4. The third kappa shape index (κ3) is 6.70. The Hall–Kier alpha value is -5.17. The van der Waals surface area contributed by atoms with E-state index in [9.17, 15) is 9.59 Å². The van der Waals surface area contributed by atoms with Crippen LogP contribution in [0, 0.1) is 6.92 Å². The van der Waals surface area contributed by atoms with Crippen molar-refractivity contribution in [1.29, 1.82) is 0 Å². The van der Waals surface area contributed by atoms with Gasteiger partial charge in [-0.3, -0.25) is 4.79 Å². The minimum atomic E-state index is -0.591. The van der Waals surface area contributed by atoms with Crippen molar-refractivity contribution in [1.82, 2.24) is 4.98 Å². The number of rotatable bonds is 10.